The highest BCUT2D eigenvalue weighted by Crippen LogP contribution is 2.34. The van der Waals surface area contributed by atoms with Crippen molar-refractivity contribution in [3.63, 3.8) is 0 Å². The number of nitrogens with one attached hydrogen (secondary N) is 1. The monoisotopic (exact) mass is 223 g/mol. The van der Waals surface area contributed by atoms with Gasteiger partial charge in [0, 0.05) is 12.5 Å². The number of hydrogen-bond donors (Lipinski definition) is 1. The second kappa shape index (κ2) is 5.28. The van der Waals surface area contributed by atoms with E-state index in [1.54, 1.807) is 6.92 Å². The van der Waals surface area contributed by atoms with E-state index in [1.165, 1.54) is 11.1 Å². The molecule has 90 valence electrons. The Kier molecular flexibility index (Phi) is 4.27. The summed E-state index contributed by atoms with van der Waals surface area (Å²) < 4.78 is 0. The van der Waals surface area contributed by atoms with Crippen LogP contribution in [0.2, 0.25) is 0 Å². The summed E-state index contributed by atoms with van der Waals surface area (Å²) in [5.41, 5.74) is 2.52. The third kappa shape index (κ3) is 2.71. The van der Waals surface area contributed by atoms with Crippen molar-refractivity contribution >= 4 is 11.7 Å². The van der Waals surface area contributed by atoms with Gasteiger partial charge >= 0.3 is 0 Å². The average molecular weight is 223 g/mol. The van der Waals surface area contributed by atoms with Crippen LogP contribution < -0.4 is 5.32 Å². The Morgan fingerprint density at radius 3 is 2.12 bits per heavy atom. The number of carbonyl (C=O) groups is 2. The number of allylic oxidation sites excluding steroid dienone is 2. The van der Waals surface area contributed by atoms with Gasteiger partial charge in [0.1, 0.15) is 5.78 Å². The van der Waals surface area contributed by atoms with Crippen LogP contribution >= 0.6 is 0 Å². The molecule has 16 heavy (non-hydrogen) atoms. The largest absolute Gasteiger partial charge is 0.356 e. The van der Waals surface area contributed by atoms with Crippen molar-refractivity contribution in [1.29, 1.82) is 0 Å². The minimum Gasteiger partial charge on any atom is -0.356 e. The Hall–Kier alpha value is -1.12. The van der Waals surface area contributed by atoms with Crippen LogP contribution in [-0.2, 0) is 9.59 Å². The van der Waals surface area contributed by atoms with Crippen LogP contribution in [0.5, 0.6) is 0 Å². The van der Waals surface area contributed by atoms with Gasteiger partial charge in [0.2, 0.25) is 5.91 Å². The highest BCUT2D eigenvalue weighted by molar-refractivity contribution is 5.88. The predicted molar refractivity (Wildman–Crippen MR) is 64.0 cm³/mol. The fourth-order valence-corrected chi connectivity index (χ4v) is 2.30. The molecule has 0 aliphatic heterocycles. The smallest absolute Gasteiger partial charge is 0.224 e. The molecule has 0 spiro atoms. The summed E-state index contributed by atoms with van der Waals surface area (Å²) in [5.74, 6) is -0.144. The predicted octanol–water partition coefficient (Wildman–Crippen LogP) is 2.07. The third-order valence-corrected chi connectivity index (χ3v) is 3.48. The van der Waals surface area contributed by atoms with Crippen molar-refractivity contribution in [2.24, 2.45) is 11.8 Å². The van der Waals surface area contributed by atoms with Crippen LogP contribution in [0.1, 0.15) is 40.5 Å². The van der Waals surface area contributed by atoms with Gasteiger partial charge in [-0.1, -0.05) is 11.1 Å². The maximum atomic E-state index is 11.9. The van der Waals surface area contributed by atoms with Crippen molar-refractivity contribution in [3.05, 3.63) is 11.1 Å². The number of amides is 1. The summed E-state index contributed by atoms with van der Waals surface area (Å²) in [6, 6.07) is 0. The van der Waals surface area contributed by atoms with E-state index in [0.717, 1.165) is 12.8 Å². The molecule has 3 heteroatoms. The van der Waals surface area contributed by atoms with E-state index in [4.69, 9.17) is 0 Å². The lowest BCUT2D eigenvalue weighted by Gasteiger charge is -2.30. The van der Waals surface area contributed by atoms with Gasteiger partial charge in [0.25, 0.3) is 0 Å². The molecule has 0 aromatic heterocycles. The lowest BCUT2D eigenvalue weighted by atomic mass is 9.74. The Balaban J connectivity index is 2.88. The first-order chi connectivity index (χ1) is 7.47. The van der Waals surface area contributed by atoms with Crippen LogP contribution in [0.25, 0.3) is 0 Å². The average Bonchev–Trinajstić information content (AvgIpc) is 2.21. The highest BCUT2D eigenvalue weighted by Gasteiger charge is 2.34. The van der Waals surface area contributed by atoms with Crippen LogP contribution in [0.4, 0.5) is 0 Å². The molecule has 0 saturated carbocycles. The molecule has 0 aromatic rings. The summed E-state index contributed by atoms with van der Waals surface area (Å²) in [6.07, 6.45) is 1.46. The number of rotatable bonds is 3. The molecule has 0 aromatic carbocycles. The molecule has 2 unspecified atom stereocenters. The minimum atomic E-state index is -0.166. The molecule has 0 bridgehead atoms. The zero-order chi connectivity index (χ0) is 12.3. The summed E-state index contributed by atoms with van der Waals surface area (Å²) >= 11 is 0. The SMILES string of the molecule is CCNC(=O)C1CC(C)=C(C)CC1C(C)=O. The van der Waals surface area contributed by atoms with E-state index >= 15 is 0 Å². The van der Waals surface area contributed by atoms with Gasteiger partial charge in [-0.15, -0.1) is 0 Å². The van der Waals surface area contributed by atoms with E-state index in [-0.39, 0.29) is 23.5 Å². The molecule has 0 radical (unpaired) electrons. The summed E-state index contributed by atoms with van der Waals surface area (Å²) in [6.45, 7) is 8.22. The molecule has 0 heterocycles. The van der Waals surface area contributed by atoms with Crippen molar-refractivity contribution < 1.29 is 9.59 Å². The minimum absolute atomic E-state index is 0.0227. The molecule has 1 amide bonds. The van der Waals surface area contributed by atoms with E-state index in [1.807, 2.05) is 6.92 Å². The van der Waals surface area contributed by atoms with Gasteiger partial charge in [-0.05, 0) is 40.5 Å². The maximum absolute atomic E-state index is 11.9. The van der Waals surface area contributed by atoms with Crippen LogP contribution in [-0.4, -0.2) is 18.2 Å². The normalized spacial score (nSPS) is 25.5. The van der Waals surface area contributed by atoms with Crippen LogP contribution in [0.3, 0.4) is 0 Å². The Morgan fingerprint density at radius 2 is 1.69 bits per heavy atom. The number of carbonyl (C=O) groups excluding carboxylic acids is 2. The molecular formula is C13H21NO2. The zero-order valence-electron chi connectivity index (χ0n) is 10.6. The van der Waals surface area contributed by atoms with E-state index in [2.05, 4.69) is 19.2 Å². The van der Waals surface area contributed by atoms with Gasteiger partial charge in [-0.25, -0.2) is 0 Å². The first kappa shape index (κ1) is 12.9. The summed E-state index contributed by atoms with van der Waals surface area (Å²) in [4.78, 5) is 23.4. The lowest BCUT2D eigenvalue weighted by molar-refractivity contribution is -0.133. The molecule has 2 atom stereocenters. The summed E-state index contributed by atoms with van der Waals surface area (Å²) in [5, 5.41) is 2.82. The Labute approximate surface area is 97.3 Å². The molecule has 0 saturated heterocycles. The zero-order valence-corrected chi connectivity index (χ0v) is 10.6. The second-order valence-corrected chi connectivity index (χ2v) is 4.69. The van der Waals surface area contributed by atoms with E-state index < -0.39 is 0 Å². The fourth-order valence-electron chi connectivity index (χ4n) is 2.30. The number of ketones is 1. The fraction of sp³-hybridized carbons (Fsp3) is 0.692. The first-order valence-corrected chi connectivity index (χ1v) is 5.90. The van der Waals surface area contributed by atoms with Crippen molar-refractivity contribution in [2.45, 2.75) is 40.5 Å². The standard InChI is InChI=1S/C13H21NO2/c1-5-14-13(16)12-7-9(3)8(2)6-11(12)10(4)15/h11-12H,5-7H2,1-4H3,(H,14,16). The quantitative estimate of drug-likeness (QED) is 0.744. The third-order valence-electron chi connectivity index (χ3n) is 3.48. The lowest BCUT2D eigenvalue weighted by Crippen LogP contribution is -2.39. The van der Waals surface area contributed by atoms with Crippen molar-refractivity contribution in [1.82, 2.24) is 5.32 Å². The van der Waals surface area contributed by atoms with E-state index in [9.17, 15) is 9.59 Å². The van der Waals surface area contributed by atoms with Gasteiger partial charge in [0.15, 0.2) is 0 Å². The molecule has 1 aliphatic carbocycles. The molecular weight excluding hydrogens is 202 g/mol. The molecule has 1 aliphatic rings. The molecule has 1 N–H and O–H groups in total. The Morgan fingerprint density at radius 1 is 1.19 bits per heavy atom. The Bertz CT molecular complexity index is 331. The number of hydrogen-bond acceptors (Lipinski definition) is 2. The van der Waals surface area contributed by atoms with E-state index in [0.29, 0.717) is 6.54 Å². The van der Waals surface area contributed by atoms with Gasteiger partial charge in [-0.3, -0.25) is 9.59 Å². The van der Waals surface area contributed by atoms with Crippen LogP contribution in [0.15, 0.2) is 11.1 Å². The summed E-state index contributed by atoms with van der Waals surface area (Å²) in [7, 11) is 0. The van der Waals surface area contributed by atoms with Crippen molar-refractivity contribution in [3.8, 4) is 0 Å². The van der Waals surface area contributed by atoms with Crippen LogP contribution in [0, 0.1) is 11.8 Å². The molecule has 1 rings (SSSR count). The second-order valence-electron chi connectivity index (χ2n) is 4.69. The highest BCUT2D eigenvalue weighted by atomic mass is 16.2. The molecule has 3 nitrogen and oxygen atoms in total. The van der Waals surface area contributed by atoms with Crippen molar-refractivity contribution in [2.75, 3.05) is 6.54 Å². The number of Topliss-reactive ketones (excluding diaryl/α,β-unsaturated/α-hetero) is 1. The molecule has 0 fully saturated rings. The van der Waals surface area contributed by atoms with Gasteiger partial charge < -0.3 is 5.32 Å². The van der Waals surface area contributed by atoms with Gasteiger partial charge in [-0.2, -0.15) is 0 Å². The topological polar surface area (TPSA) is 46.2 Å². The first-order valence-electron chi connectivity index (χ1n) is 5.90. The maximum Gasteiger partial charge on any atom is 0.224 e. The van der Waals surface area contributed by atoms with Gasteiger partial charge in [0.05, 0.1) is 5.92 Å².